The highest BCUT2D eigenvalue weighted by Gasteiger charge is 2.84. The standard InChI is InChI=1S/C46H74N4O7/c1-28(2)38(57-41(53)49-18-9-19-49)31-22-29(3)37-39(55-31)40(52)44(7)33-11-10-32-42(4,5)34(12-13-45(32)27-46(33,45)15-14-43(37,44)6)56-36-26-50(20-21-54-36)30-23-47(24-30)25-35(51)48-16-8-17-48/h28-34,36-40,52H,8-27H2,1-7H3/t29-,31?,32+,33?,34+,36+,37+,38-,39?,40+,43-,44-,45-,46?/m1/s1. The molecule has 11 nitrogen and oxygen atoms in total. The van der Waals surface area contributed by atoms with Crippen molar-refractivity contribution in [3.05, 3.63) is 0 Å². The average molecular weight is 795 g/mol. The van der Waals surface area contributed by atoms with Gasteiger partial charge < -0.3 is 33.9 Å². The molecule has 5 saturated carbocycles. The molecule has 5 saturated heterocycles. The van der Waals surface area contributed by atoms with Crippen LogP contribution in [-0.2, 0) is 23.7 Å². The zero-order valence-electron chi connectivity index (χ0n) is 36.3. The van der Waals surface area contributed by atoms with E-state index in [1.165, 1.54) is 25.7 Å². The van der Waals surface area contributed by atoms with Crippen LogP contribution in [0.4, 0.5) is 4.79 Å². The van der Waals surface area contributed by atoms with Crippen molar-refractivity contribution >= 4 is 12.0 Å². The third-order valence-corrected chi connectivity index (χ3v) is 19.5. The Hall–Kier alpha value is -1.50. The number of likely N-dealkylation sites (tertiary alicyclic amines) is 3. The maximum absolute atomic E-state index is 13.0. The van der Waals surface area contributed by atoms with E-state index in [1.807, 2.05) is 4.90 Å². The zero-order chi connectivity index (χ0) is 39.9. The number of fused-ring (bicyclic) bond motifs is 4. The minimum absolute atomic E-state index is 0.00280. The predicted octanol–water partition coefficient (Wildman–Crippen LogP) is 5.63. The first-order valence-corrected chi connectivity index (χ1v) is 23.4. The van der Waals surface area contributed by atoms with E-state index in [1.54, 1.807) is 4.90 Å². The predicted molar refractivity (Wildman–Crippen MR) is 215 cm³/mol. The van der Waals surface area contributed by atoms with E-state index >= 15 is 0 Å². The summed E-state index contributed by atoms with van der Waals surface area (Å²) in [7, 11) is 0. The molecule has 2 amide bonds. The molecule has 0 aromatic carbocycles. The first-order valence-electron chi connectivity index (χ1n) is 23.4. The number of carbonyl (C=O) groups is 2. The second kappa shape index (κ2) is 13.8. The van der Waals surface area contributed by atoms with Crippen molar-refractivity contribution in [1.29, 1.82) is 0 Å². The number of aliphatic hydroxyl groups excluding tert-OH is 1. The lowest BCUT2D eigenvalue weighted by Crippen LogP contribution is -2.64. The van der Waals surface area contributed by atoms with Crippen LogP contribution in [0.15, 0.2) is 0 Å². The molecule has 0 aromatic heterocycles. The smallest absolute Gasteiger partial charge is 0.410 e. The Morgan fingerprint density at radius 1 is 0.877 bits per heavy atom. The Labute approximate surface area is 342 Å². The number of amides is 2. The number of ether oxygens (including phenoxy) is 4. The topological polar surface area (TPSA) is 104 Å². The number of rotatable bonds is 8. The molecule has 14 atom stereocenters. The minimum Gasteiger partial charge on any atom is -0.443 e. The lowest BCUT2D eigenvalue weighted by molar-refractivity contribution is -0.253. The summed E-state index contributed by atoms with van der Waals surface area (Å²) in [6.45, 7) is 25.0. The maximum atomic E-state index is 13.0. The number of hydrogen-bond donors (Lipinski definition) is 1. The van der Waals surface area contributed by atoms with Gasteiger partial charge in [0.15, 0.2) is 6.29 Å². The van der Waals surface area contributed by atoms with Gasteiger partial charge in [-0.15, -0.1) is 0 Å². The highest BCUT2D eigenvalue weighted by molar-refractivity contribution is 5.79. The molecule has 0 aromatic rings. The van der Waals surface area contributed by atoms with Gasteiger partial charge in [-0.2, -0.15) is 0 Å². The molecule has 1 N–H and O–H groups in total. The van der Waals surface area contributed by atoms with E-state index in [2.05, 4.69) is 58.3 Å². The van der Waals surface area contributed by atoms with Gasteiger partial charge >= 0.3 is 6.09 Å². The van der Waals surface area contributed by atoms with Crippen LogP contribution in [0.1, 0.15) is 113 Å². The first-order chi connectivity index (χ1) is 27.1. The van der Waals surface area contributed by atoms with Crippen molar-refractivity contribution in [3.8, 4) is 0 Å². The van der Waals surface area contributed by atoms with Crippen LogP contribution in [0.2, 0.25) is 0 Å². The van der Waals surface area contributed by atoms with Crippen molar-refractivity contribution < 1.29 is 33.6 Å². The summed E-state index contributed by atoms with van der Waals surface area (Å²) < 4.78 is 26.7. The molecule has 5 aliphatic heterocycles. The number of hydrogen-bond acceptors (Lipinski definition) is 9. The molecule has 320 valence electrons. The van der Waals surface area contributed by atoms with Crippen LogP contribution in [0.25, 0.3) is 0 Å². The van der Waals surface area contributed by atoms with Gasteiger partial charge in [-0.1, -0.05) is 48.5 Å². The number of morpholine rings is 1. The van der Waals surface area contributed by atoms with E-state index in [9.17, 15) is 14.7 Å². The largest absolute Gasteiger partial charge is 0.443 e. The molecule has 4 unspecified atom stereocenters. The SMILES string of the molecule is CC(C)[C@@H](OC(=O)N1CCC1)C1C[C@@H](C)[C@H]2C(O1)[C@H](O)[C@@]1(C)C3CC[C@H]4C(C)(C)[C@@H](O[C@H]5CN(C6CN(CC(=O)N7CCC7)C6)CCO5)CC[C@@]45CC35CC[C@]21C. The molecule has 2 spiro atoms. The van der Waals surface area contributed by atoms with Gasteiger partial charge in [0.05, 0.1) is 37.6 Å². The highest BCUT2D eigenvalue weighted by atomic mass is 16.7. The van der Waals surface area contributed by atoms with E-state index in [0.717, 1.165) is 90.9 Å². The van der Waals surface area contributed by atoms with Crippen molar-refractivity contribution in [3.63, 3.8) is 0 Å². The lowest BCUT2D eigenvalue weighted by atomic mass is 9.41. The van der Waals surface area contributed by atoms with Gasteiger partial charge in [0.2, 0.25) is 5.91 Å². The zero-order valence-corrected chi connectivity index (χ0v) is 36.3. The second-order valence-corrected chi connectivity index (χ2v) is 22.5. The van der Waals surface area contributed by atoms with Crippen LogP contribution in [0.5, 0.6) is 0 Å². The Balaban J connectivity index is 0.808. The van der Waals surface area contributed by atoms with Crippen molar-refractivity contribution in [1.82, 2.24) is 19.6 Å². The number of carbonyl (C=O) groups excluding carboxylic acids is 2. The normalized spacial score (nSPS) is 48.3. The summed E-state index contributed by atoms with van der Waals surface area (Å²) in [6, 6.07) is 0.477. The monoisotopic (exact) mass is 795 g/mol. The quantitative estimate of drug-likeness (QED) is 0.335. The minimum atomic E-state index is -0.532. The number of nitrogens with zero attached hydrogens (tertiary/aromatic N) is 4. The maximum Gasteiger partial charge on any atom is 0.410 e. The molecular weight excluding hydrogens is 721 g/mol. The average Bonchev–Trinajstić information content (AvgIpc) is 3.73. The van der Waals surface area contributed by atoms with Crippen LogP contribution in [0.3, 0.4) is 0 Å². The molecule has 57 heavy (non-hydrogen) atoms. The van der Waals surface area contributed by atoms with E-state index < -0.39 is 6.10 Å². The Morgan fingerprint density at radius 2 is 1.58 bits per heavy atom. The molecule has 10 aliphatic rings. The Bertz CT molecular complexity index is 1580. The molecule has 5 heterocycles. The molecule has 10 fully saturated rings. The van der Waals surface area contributed by atoms with Crippen LogP contribution in [-0.4, -0.2) is 145 Å². The van der Waals surface area contributed by atoms with E-state index in [-0.39, 0.29) is 70.3 Å². The summed E-state index contributed by atoms with van der Waals surface area (Å²) in [5.41, 5.74) is 0.411. The third-order valence-electron chi connectivity index (χ3n) is 19.5. The highest BCUT2D eigenvalue weighted by Crippen LogP contribution is 2.89. The summed E-state index contributed by atoms with van der Waals surface area (Å²) in [5, 5.41) is 12.8. The summed E-state index contributed by atoms with van der Waals surface area (Å²) in [6.07, 6.45) is 9.89. The fourth-order valence-corrected chi connectivity index (χ4v) is 16.1. The molecule has 11 heteroatoms. The van der Waals surface area contributed by atoms with Gasteiger partial charge in [-0.25, -0.2) is 4.79 Å². The van der Waals surface area contributed by atoms with Gasteiger partial charge in [0.1, 0.15) is 6.10 Å². The molecule has 0 bridgehead atoms. The van der Waals surface area contributed by atoms with Gasteiger partial charge in [0, 0.05) is 63.8 Å². The van der Waals surface area contributed by atoms with Crippen LogP contribution < -0.4 is 0 Å². The number of aliphatic hydroxyl groups is 1. The van der Waals surface area contributed by atoms with E-state index in [4.69, 9.17) is 18.9 Å². The lowest BCUT2D eigenvalue weighted by Gasteiger charge is -2.64. The molecule has 0 radical (unpaired) electrons. The Kier molecular flexibility index (Phi) is 9.56. The van der Waals surface area contributed by atoms with Crippen molar-refractivity contribution in [2.75, 3.05) is 65.5 Å². The van der Waals surface area contributed by atoms with Gasteiger partial charge in [-0.05, 0) is 115 Å². The summed E-state index contributed by atoms with van der Waals surface area (Å²) >= 11 is 0. The fraction of sp³-hybridized carbons (Fsp3) is 0.957. The third kappa shape index (κ3) is 5.69. The summed E-state index contributed by atoms with van der Waals surface area (Å²) in [4.78, 5) is 34.2. The van der Waals surface area contributed by atoms with Gasteiger partial charge in [0.25, 0.3) is 0 Å². The second-order valence-electron chi connectivity index (χ2n) is 22.5. The molecule has 5 aliphatic carbocycles. The van der Waals surface area contributed by atoms with Crippen LogP contribution in [0, 0.1) is 56.7 Å². The summed E-state index contributed by atoms with van der Waals surface area (Å²) in [5.74, 6) is 2.18. The Morgan fingerprint density at radius 3 is 2.26 bits per heavy atom. The fourth-order valence-electron chi connectivity index (χ4n) is 16.1. The van der Waals surface area contributed by atoms with Crippen LogP contribution >= 0.6 is 0 Å². The first kappa shape index (κ1) is 39.6. The van der Waals surface area contributed by atoms with Crippen molar-refractivity contribution in [2.24, 2.45) is 56.7 Å². The van der Waals surface area contributed by atoms with Crippen molar-refractivity contribution in [2.45, 2.75) is 156 Å². The molecule has 10 rings (SSSR count). The van der Waals surface area contributed by atoms with E-state index in [0.29, 0.717) is 48.3 Å². The molecular formula is C46H74N4O7. The van der Waals surface area contributed by atoms with Gasteiger partial charge in [-0.3, -0.25) is 14.6 Å².